The first kappa shape index (κ1) is 10.5. The van der Waals surface area contributed by atoms with Crippen molar-refractivity contribution in [2.75, 3.05) is 6.54 Å². The number of hydrogen-bond acceptors (Lipinski definition) is 2. The summed E-state index contributed by atoms with van der Waals surface area (Å²) in [5.41, 5.74) is 1.10. The average molecular weight is 251 g/mol. The van der Waals surface area contributed by atoms with Crippen molar-refractivity contribution in [1.29, 1.82) is 0 Å². The Bertz CT molecular complexity index is 660. The first-order valence-corrected chi connectivity index (χ1v) is 5.73. The highest BCUT2D eigenvalue weighted by atomic mass is 32.1. The number of hydrogen-bond donors (Lipinski definition) is 2. The van der Waals surface area contributed by atoms with Gasteiger partial charge in [-0.1, -0.05) is 6.07 Å². The monoisotopic (exact) mass is 251 g/mol. The molecule has 0 radical (unpaired) electrons. The SMILES string of the molecule is O=C1CC(n2c(=S)[nH]c3c(F)cccc32)CN1. The summed E-state index contributed by atoms with van der Waals surface area (Å²) in [6.07, 6.45) is 0.387. The average Bonchev–Trinajstić information content (AvgIpc) is 2.82. The molecule has 0 bridgehead atoms. The van der Waals surface area contributed by atoms with Gasteiger partial charge in [0.25, 0.3) is 0 Å². The third kappa shape index (κ3) is 1.56. The van der Waals surface area contributed by atoms with Crippen LogP contribution in [0.15, 0.2) is 18.2 Å². The van der Waals surface area contributed by atoms with Gasteiger partial charge < -0.3 is 14.9 Å². The first-order valence-electron chi connectivity index (χ1n) is 5.32. The van der Waals surface area contributed by atoms with Gasteiger partial charge in [0.15, 0.2) is 4.77 Å². The fourth-order valence-electron chi connectivity index (χ4n) is 2.25. The molecule has 1 amide bonds. The van der Waals surface area contributed by atoms with Crippen molar-refractivity contribution in [3.8, 4) is 0 Å². The first-order chi connectivity index (χ1) is 8.16. The van der Waals surface area contributed by atoms with Crippen LogP contribution in [0.25, 0.3) is 11.0 Å². The minimum Gasteiger partial charge on any atom is -0.354 e. The second-order valence-corrected chi connectivity index (χ2v) is 4.48. The van der Waals surface area contributed by atoms with Crippen LogP contribution in [0.1, 0.15) is 12.5 Å². The van der Waals surface area contributed by atoms with E-state index in [9.17, 15) is 9.18 Å². The standard InChI is InChI=1S/C11H10FN3OS/c12-7-2-1-3-8-10(7)14-11(17)15(8)6-4-9(16)13-5-6/h1-3,6H,4-5H2,(H,13,16)(H,14,17). The molecule has 0 aliphatic carbocycles. The minimum absolute atomic E-state index is 0.00246. The Morgan fingerprint density at radius 1 is 1.47 bits per heavy atom. The summed E-state index contributed by atoms with van der Waals surface area (Å²) in [5.74, 6) is -0.327. The molecule has 1 saturated heterocycles. The molecule has 1 aromatic carbocycles. The molecule has 0 saturated carbocycles. The summed E-state index contributed by atoms with van der Waals surface area (Å²) in [4.78, 5) is 14.1. The normalized spacial score (nSPS) is 19.8. The molecule has 1 aliphatic heterocycles. The predicted octanol–water partition coefficient (Wildman–Crippen LogP) is 1.90. The van der Waals surface area contributed by atoms with Gasteiger partial charge in [-0.25, -0.2) is 4.39 Å². The van der Waals surface area contributed by atoms with E-state index >= 15 is 0 Å². The summed E-state index contributed by atoms with van der Waals surface area (Å²) in [6.45, 7) is 0.538. The fraction of sp³-hybridized carbons (Fsp3) is 0.273. The van der Waals surface area contributed by atoms with Crippen LogP contribution in [0, 0.1) is 10.6 Å². The van der Waals surface area contributed by atoms with Crippen molar-refractivity contribution >= 4 is 29.2 Å². The molecule has 0 spiro atoms. The Morgan fingerprint density at radius 2 is 2.29 bits per heavy atom. The quantitative estimate of drug-likeness (QED) is 0.760. The van der Waals surface area contributed by atoms with Crippen LogP contribution in [0.5, 0.6) is 0 Å². The fourth-order valence-corrected chi connectivity index (χ4v) is 2.60. The van der Waals surface area contributed by atoms with Gasteiger partial charge in [0, 0.05) is 13.0 Å². The summed E-state index contributed by atoms with van der Waals surface area (Å²) >= 11 is 5.19. The van der Waals surface area contributed by atoms with Crippen molar-refractivity contribution in [1.82, 2.24) is 14.9 Å². The molecule has 1 aliphatic rings. The van der Waals surface area contributed by atoms with E-state index < -0.39 is 0 Å². The Morgan fingerprint density at radius 3 is 3.00 bits per heavy atom. The molecule has 4 nitrogen and oxygen atoms in total. The number of nitrogens with zero attached hydrogens (tertiary/aromatic N) is 1. The number of halogens is 1. The summed E-state index contributed by atoms with van der Waals surface area (Å²) in [7, 11) is 0. The highest BCUT2D eigenvalue weighted by Gasteiger charge is 2.25. The number of benzene rings is 1. The van der Waals surface area contributed by atoms with E-state index in [2.05, 4.69) is 10.3 Å². The summed E-state index contributed by atoms with van der Waals surface area (Å²) < 4.78 is 15.8. The number of aromatic amines is 1. The Labute approximate surface area is 101 Å². The molecule has 88 valence electrons. The van der Waals surface area contributed by atoms with E-state index in [4.69, 9.17) is 12.2 Å². The van der Waals surface area contributed by atoms with Crippen molar-refractivity contribution in [2.24, 2.45) is 0 Å². The smallest absolute Gasteiger partial charge is 0.222 e. The third-order valence-corrected chi connectivity index (χ3v) is 3.32. The Hall–Kier alpha value is -1.69. The molecular formula is C11H10FN3OS. The van der Waals surface area contributed by atoms with Crippen molar-refractivity contribution in [2.45, 2.75) is 12.5 Å². The van der Waals surface area contributed by atoms with E-state index in [0.717, 1.165) is 0 Å². The van der Waals surface area contributed by atoms with Crippen LogP contribution in [0.3, 0.4) is 0 Å². The Balaban J connectivity index is 2.22. The van der Waals surface area contributed by atoms with Crippen molar-refractivity contribution in [3.05, 3.63) is 28.8 Å². The van der Waals surface area contributed by atoms with Crippen molar-refractivity contribution in [3.63, 3.8) is 0 Å². The molecule has 1 fully saturated rings. The topological polar surface area (TPSA) is 49.8 Å². The van der Waals surface area contributed by atoms with Crippen molar-refractivity contribution < 1.29 is 9.18 Å². The predicted molar refractivity (Wildman–Crippen MR) is 63.7 cm³/mol. The van der Waals surface area contributed by atoms with Crippen LogP contribution in [-0.4, -0.2) is 22.0 Å². The lowest BCUT2D eigenvalue weighted by atomic mass is 10.2. The minimum atomic E-state index is -0.329. The second kappa shape index (κ2) is 3.66. The highest BCUT2D eigenvalue weighted by molar-refractivity contribution is 7.71. The number of nitrogens with one attached hydrogen (secondary N) is 2. The molecule has 1 atom stereocenters. The van der Waals surface area contributed by atoms with Gasteiger partial charge in [-0.15, -0.1) is 0 Å². The number of para-hydroxylation sites is 1. The van der Waals surface area contributed by atoms with Crippen LogP contribution >= 0.6 is 12.2 Å². The number of carbonyl (C=O) groups is 1. The molecule has 2 heterocycles. The number of fused-ring (bicyclic) bond motifs is 1. The molecular weight excluding hydrogens is 241 g/mol. The lowest BCUT2D eigenvalue weighted by molar-refractivity contribution is -0.119. The van der Waals surface area contributed by atoms with Gasteiger partial charge in [-0.05, 0) is 24.4 Å². The molecule has 17 heavy (non-hydrogen) atoms. The van der Waals surface area contributed by atoms with Gasteiger partial charge in [0.05, 0.1) is 11.6 Å². The summed E-state index contributed by atoms with van der Waals surface area (Å²) in [6, 6.07) is 4.79. The van der Waals surface area contributed by atoms with E-state index in [1.165, 1.54) is 6.07 Å². The lowest BCUT2D eigenvalue weighted by Crippen LogP contribution is -2.15. The largest absolute Gasteiger partial charge is 0.354 e. The van der Waals surface area contributed by atoms with Gasteiger partial charge in [0.1, 0.15) is 11.3 Å². The zero-order valence-corrected chi connectivity index (χ0v) is 9.68. The number of carbonyl (C=O) groups excluding carboxylic acids is 1. The van der Waals surface area contributed by atoms with Crippen LogP contribution in [0.2, 0.25) is 0 Å². The lowest BCUT2D eigenvalue weighted by Gasteiger charge is -2.10. The number of imidazole rings is 1. The number of aromatic nitrogens is 2. The number of amides is 1. The number of H-pyrrole nitrogens is 1. The maximum Gasteiger partial charge on any atom is 0.222 e. The number of rotatable bonds is 1. The highest BCUT2D eigenvalue weighted by Crippen LogP contribution is 2.24. The molecule has 1 unspecified atom stereocenters. The molecule has 1 aromatic heterocycles. The van der Waals surface area contributed by atoms with Gasteiger partial charge in [-0.2, -0.15) is 0 Å². The zero-order valence-electron chi connectivity index (χ0n) is 8.87. The van der Waals surface area contributed by atoms with Crippen LogP contribution in [-0.2, 0) is 4.79 Å². The van der Waals surface area contributed by atoms with Gasteiger partial charge in [-0.3, -0.25) is 4.79 Å². The maximum absolute atomic E-state index is 13.6. The maximum atomic E-state index is 13.6. The zero-order chi connectivity index (χ0) is 12.0. The van der Waals surface area contributed by atoms with Gasteiger partial charge in [0.2, 0.25) is 5.91 Å². The van der Waals surface area contributed by atoms with Gasteiger partial charge >= 0.3 is 0 Å². The Kier molecular flexibility index (Phi) is 2.25. The van der Waals surface area contributed by atoms with E-state index in [0.29, 0.717) is 28.8 Å². The molecule has 2 aromatic rings. The molecule has 6 heteroatoms. The third-order valence-electron chi connectivity index (χ3n) is 3.02. The second-order valence-electron chi connectivity index (χ2n) is 4.10. The molecule has 3 rings (SSSR count). The van der Waals surface area contributed by atoms with E-state index in [1.54, 1.807) is 12.1 Å². The van der Waals surface area contributed by atoms with E-state index in [-0.39, 0.29) is 17.8 Å². The van der Waals surface area contributed by atoms with E-state index in [1.807, 2.05) is 4.57 Å². The summed E-state index contributed by atoms with van der Waals surface area (Å²) in [5, 5.41) is 2.75. The molecule has 2 N–H and O–H groups in total. The van der Waals surface area contributed by atoms with Crippen LogP contribution in [0.4, 0.5) is 4.39 Å². The van der Waals surface area contributed by atoms with Crippen LogP contribution < -0.4 is 5.32 Å².